The Kier molecular flexibility index (Phi) is 10.6. The standard InChI is InChI=1S/C27H35FN2O4/c1-18(2)20(4)16-33-26(31)29-24-12-8-22(9-13-24)7-6-19(3)21(5)17-34-27(32)30-25-14-10-23(28)11-15-25/h8-15,19-21H,1,6-7,16-17H2,2-5H3,(H,29,31)(H,30,32)/t19?,20-,21-/m0/s1. The highest BCUT2D eigenvalue weighted by Gasteiger charge is 2.15. The van der Waals surface area contributed by atoms with Crippen LogP contribution in [0.1, 0.15) is 39.7 Å². The molecule has 0 aromatic heterocycles. The maximum Gasteiger partial charge on any atom is 0.411 e. The average molecular weight is 471 g/mol. The number of carbonyl (C=O) groups is 2. The number of hydrogen-bond donors (Lipinski definition) is 2. The lowest BCUT2D eigenvalue weighted by atomic mass is 9.90. The van der Waals surface area contributed by atoms with Crippen LogP contribution in [-0.2, 0) is 15.9 Å². The highest BCUT2D eigenvalue weighted by atomic mass is 19.1. The molecule has 0 heterocycles. The highest BCUT2D eigenvalue weighted by molar-refractivity contribution is 5.85. The summed E-state index contributed by atoms with van der Waals surface area (Å²) in [7, 11) is 0. The van der Waals surface area contributed by atoms with E-state index in [2.05, 4.69) is 24.1 Å². The molecule has 0 fully saturated rings. The van der Waals surface area contributed by atoms with Crippen molar-refractivity contribution in [3.63, 3.8) is 0 Å². The number of halogens is 1. The molecule has 2 N–H and O–H groups in total. The van der Waals surface area contributed by atoms with Crippen LogP contribution >= 0.6 is 0 Å². The van der Waals surface area contributed by atoms with Crippen molar-refractivity contribution >= 4 is 23.6 Å². The second kappa shape index (κ2) is 13.4. The number of carbonyl (C=O) groups excluding carboxylic acids is 2. The predicted molar refractivity (Wildman–Crippen MR) is 133 cm³/mol. The molecule has 0 aliphatic carbocycles. The molecule has 0 saturated heterocycles. The van der Waals surface area contributed by atoms with Crippen LogP contribution in [0.4, 0.5) is 25.4 Å². The monoisotopic (exact) mass is 470 g/mol. The number of hydrogen-bond acceptors (Lipinski definition) is 4. The fourth-order valence-corrected chi connectivity index (χ4v) is 2.99. The minimum Gasteiger partial charge on any atom is -0.449 e. The molecule has 1 unspecified atom stereocenters. The van der Waals surface area contributed by atoms with Gasteiger partial charge in [0.1, 0.15) is 5.82 Å². The largest absolute Gasteiger partial charge is 0.449 e. The number of nitrogens with one attached hydrogen (secondary N) is 2. The molecule has 2 rings (SSSR count). The SMILES string of the molecule is C=C(C)[C@@H](C)COC(=O)Nc1ccc(CCC(C)[C@@H](C)COC(=O)Nc2ccc(F)cc2)cc1. The maximum absolute atomic E-state index is 12.9. The predicted octanol–water partition coefficient (Wildman–Crippen LogP) is 7.04. The molecule has 0 bridgehead atoms. The van der Waals surface area contributed by atoms with Gasteiger partial charge in [0.25, 0.3) is 0 Å². The molecule has 2 aromatic rings. The number of anilines is 2. The van der Waals surface area contributed by atoms with E-state index in [9.17, 15) is 14.0 Å². The Morgan fingerprint density at radius 3 is 1.88 bits per heavy atom. The summed E-state index contributed by atoms with van der Waals surface area (Å²) in [6.07, 6.45) is 0.763. The zero-order valence-corrected chi connectivity index (χ0v) is 20.4. The number of benzene rings is 2. The molecule has 0 spiro atoms. The molecule has 0 aliphatic rings. The van der Waals surface area contributed by atoms with Crippen LogP contribution in [0.15, 0.2) is 60.7 Å². The topological polar surface area (TPSA) is 76.7 Å². The summed E-state index contributed by atoms with van der Waals surface area (Å²) < 4.78 is 23.5. The third-order valence-electron chi connectivity index (χ3n) is 5.93. The summed E-state index contributed by atoms with van der Waals surface area (Å²) in [4.78, 5) is 23.9. The lowest BCUT2D eigenvalue weighted by Gasteiger charge is -2.20. The van der Waals surface area contributed by atoms with E-state index < -0.39 is 12.2 Å². The van der Waals surface area contributed by atoms with Crippen LogP contribution in [0.5, 0.6) is 0 Å². The first-order chi connectivity index (χ1) is 16.1. The molecule has 2 amide bonds. The molecule has 6 nitrogen and oxygen atoms in total. The molecule has 7 heteroatoms. The van der Waals surface area contributed by atoms with Crippen molar-refractivity contribution in [2.75, 3.05) is 23.8 Å². The summed E-state index contributed by atoms with van der Waals surface area (Å²) in [5.41, 5.74) is 3.29. The quantitative estimate of drug-likeness (QED) is 0.345. The van der Waals surface area contributed by atoms with Crippen molar-refractivity contribution in [2.45, 2.75) is 40.5 Å². The van der Waals surface area contributed by atoms with Gasteiger partial charge in [-0.3, -0.25) is 10.6 Å². The van der Waals surface area contributed by atoms with Gasteiger partial charge in [0.2, 0.25) is 0 Å². The van der Waals surface area contributed by atoms with Crippen molar-refractivity contribution in [1.82, 2.24) is 0 Å². The van der Waals surface area contributed by atoms with E-state index in [-0.39, 0.29) is 17.7 Å². The maximum atomic E-state index is 12.9. The van der Waals surface area contributed by atoms with Crippen LogP contribution in [0.2, 0.25) is 0 Å². The Bertz CT molecular complexity index is 944. The lowest BCUT2D eigenvalue weighted by Crippen LogP contribution is -2.21. The summed E-state index contributed by atoms with van der Waals surface area (Å²) in [6.45, 7) is 12.5. The van der Waals surface area contributed by atoms with Crippen molar-refractivity contribution < 1.29 is 23.5 Å². The molecule has 0 saturated carbocycles. The fourth-order valence-electron chi connectivity index (χ4n) is 2.99. The smallest absolute Gasteiger partial charge is 0.411 e. The first-order valence-electron chi connectivity index (χ1n) is 11.5. The van der Waals surface area contributed by atoms with Crippen LogP contribution < -0.4 is 10.6 Å². The minimum atomic E-state index is -0.554. The van der Waals surface area contributed by atoms with E-state index in [1.807, 2.05) is 45.0 Å². The van der Waals surface area contributed by atoms with Gasteiger partial charge in [0, 0.05) is 17.3 Å². The molecule has 3 atom stereocenters. The van der Waals surface area contributed by atoms with E-state index in [4.69, 9.17) is 9.47 Å². The lowest BCUT2D eigenvalue weighted by molar-refractivity contribution is 0.128. The van der Waals surface area contributed by atoms with E-state index in [0.717, 1.165) is 24.0 Å². The van der Waals surface area contributed by atoms with Crippen LogP contribution in [0.3, 0.4) is 0 Å². The van der Waals surface area contributed by atoms with Gasteiger partial charge in [-0.25, -0.2) is 14.0 Å². The molecule has 0 radical (unpaired) electrons. The van der Waals surface area contributed by atoms with Gasteiger partial charge in [0.15, 0.2) is 0 Å². The first kappa shape index (κ1) is 26.9. The van der Waals surface area contributed by atoms with E-state index in [1.165, 1.54) is 24.3 Å². The van der Waals surface area contributed by atoms with Gasteiger partial charge in [-0.15, -0.1) is 0 Å². The molecular formula is C27H35FN2O4. The zero-order valence-electron chi connectivity index (χ0n) is 20.4. The Hall–Kier alpha value is -3.35. The highest BCUT2D eigenvalue weighted by Crippen LogP contribution is 2.20. The Labute approximate surface area is 201 Å². The number of rotatable bonds is 11. The Morgan fingerprint density at radius 1 is 0.853 bits per heavy atom. The van der Waals surface area contributed by atoms with Crippen molar-refractivity contribution in [1.29, 1.82) is 0 Å². The van der Waals surface area contributed by atoms with Crippen LogP contribution in [0, 0.1) is 23.6 Å². The summed E-state index contributed by atoms with van der Waals surface area (Å²) in [6, 6.07) is 13.2. The van der Waals surface area contributed by atoms with Crippen molar-refractivity contribution in [3.8, 4) is 0 Å². The van der Waals surface area contributed by atoms with E-state index in [1.54, 1.807) is 0 Å². The number of amides is 2. The zero-order chi connectivity index (χ0) is 25.1. The molecule has 184 valence electrons. The molecule has 34 heavy (non-hydrogen) atoms. The summed E-state index contributed by atoms with van der Waals surface area (Å²) in [5, 5.41) is 5.32. The molecule has 2 aromatic carbocycles. The Morgan fingerprint density at radius 2 is 1.35 bits per heavy atom. The average Bonchev–Trinajstić information content (AvgIpc) is 2.81. The third-order valence-corrected chi connectivity index (χ3v) is 5.93. The van der Waals surface area contributed by atoms with Gasteiger partial charge >= 0.3 is 12.2 Å². The first-order valence-corrected chi connectivity index (χ1v) is 11.5. The Balaban J connectivity index is 1.69. The van der Waals surface area contributed by atoms with Gasteiger partial charge in [-0.1, -0.05) is 45.1 Å². The van der Waals surface area contributed by atoms with Gasteiger partial charge in [-0.05, 0) is 73.6 Å². The van der Waals surface area contributed by atoms with Crippen molar-refractivity contribution in [2.24, 2.45) is 17.8 Å². The normalized spacial score (nSPS) is 13.3. The van der Waals surface area contributed by atoms with E-state index >= 15 is 0 Å². The number of aryl methyl sites for hydroxylation is 1. The van der Waals surface area contributed by atoms with Gasteiger partial charge < -0.3 is 9.47 Å². The summed E-state index contributed by atoms with van der Waals surface area (Å²) >= 11 is 0. The second-order valence-electron chi connectivity index (χ2n) is 8.89. The van der Waals surface area contributed by atoms with Crippen LogP contribution in [-0.4, -0.2) is 25.4 Å². The minimum absolute atomic E-state index is 0.118. The van der Waals surface area contributed by atoms with Gasteiger partial charge in [-0.2, -0.15) is 0 Å². The summed E-state index contributed by atoms with van der Waals surface area (Å²) in [5.74, 6) is 0.267. The molecule has 0 aliphatic heterocycles. The number of ether oxygens (including phenoxy) is 2. The molecular weight excluding hydrogens is 435 g/mol. The third kappa shape index (κ3) is 9.65. The van der Waals surface area contributed by atoms with Crippen molar-refractivity contribution in [3.05, 3.63) is 72.1 Å². The van der Waals surface area contributed by atoms with E-state index in [0.29, 0.717) is 30.5 Å². The fraction of sp³-hybridized carbons (Fsp3) is 0.407. The van der Waals surface area contributed by atoms with Gasteiger partial charge in [0.05, 0.1) is 13.2 Å². The second-order valence-corrected chi connectivity index (χ2v) is 8.89. The van der Waals surface area contributed by atoms with Crippen LogP contribution in [0.25, 0.3) is 0 Å².